The predicted molar refractivity (Wildman–Crippen MR) is 53.6 cm³/mol. The Hall–Kier alpha value is -1.62. The fraction of sp³-hybridized carbons (Fsp3) is 0.333. The molecule has 0 unspecified atom stereocenters. The van der Waals surface area contributed by atoms with Crippen LogP contribution in [-0.2, 0) is 13.6 Å². The third kappa shape index (κ3) is 1.42. The van der Waals surface area contributed by atoms with Crippen molar-refractivity contribution in [1.29, 1.82) is 0 Å². The minimum atomic E-state index is 0.803. The van der Waals surface area contributed by atoms with Crippen LogP contribution in [0.2, 0.25) is 0 Å². The quantitative estimate of drug-likeness (QED) is 0.744. The van der Waals surface area contributed by atoms with E-state index in [1.807, 2.05) is 31.0 Å². The van der Waals surface area contributed by atoms with E-state index in [2.05, 4.69) is 20.6 Å². The van der Waals surface area contributed by atoms with E-state index in [1.54, 1.807) is 6.20 Å². The zero-order chi connectivity index (χ0) is 9.97. The molecule has 5 nitrogen and oxygen atoms in total. The fourth-order valence-electron chi connectivity index (χ4n) is 1.48. The van der Waals surface area contributed by atoms with Gasteiger partial charge >= 0.3 is 0 Å². The summed E-state index contributed by atoms with van der Waals surface area (Å²) in [5, 5.41) is 14.2. The van der Waals surface area contributed by atoms with Crippen molar-refractivity contribution in [2.75, 3.05) is 7.05 Å². The number of H-pyrrole nitrogens is 1. The monoisotopic (exact) mass is 191 g/mol. The molecule has 74 valence electrons. The summed E-state index contributed by atoms with van der Waals surface area (Å²) in [5.74, 6) is 0. The summed E-state index contributed by atoms with van der Waals surface area (Å²) in [4.78, 5) is 0. The van der Waals surface area contributed by atoms with Crippen molar-refractivity contribution in [3.8, 4) is 11.4 Å². The van der Waals surface area contributed by atoms with Crippen LogP contribution >= 0.6 is 0 Å². The topological polar surface area (TPSA) is 58.5 Å². The first kappa shape index (κ1) is 8.96. The summed E-state index contributed by atoms with van der Waals surface area (Å²) < 4.78 is 1.83. The van der Waals surface area contributed by atoms with Gasteiger partial charge in [-0.2, -0.15) is 10.2 Å². The van der Waals surface area contributed by atoms with E-state index in [0.29, 0.717) is 0 Å². The maximum atomic E-state index is 4.12. The van der Waals surface area contributed by atoms with Gasteiger partial charge in [-0.1, -0.05) is 0 Å². The molecule has 0 amide bonds. The van der Waals surface area contributed by atoms with E-state index in [9.17, 15) is 0 Å². The van der Waals surface area contributed by atoms with Gasteiger partial charge in [-0.15, -0.1) is 0 Å². The van der Waals surface area contributed by atoms with Crippen molar-refractivity contribution in [2.24, 2.45) is 7.05 Å². The number of hydrogen-bond acceptors (Lipinski definition) is 3. The summed E-state index contributed by atoms with van der Waals surface area (Å²) in [6.07, 6.45) is 3.61. The molecule has 0 aliphatic heterocycles. The molecule has 0 bridgehead atoms. The molecule has 0 fully saturated rings. The van der Waals surface area contributed by atoms with Crippen LogP contribution in [0, 0.1) is 0 Å². The van der Waals surface area contributed by atoms with Gasteiger partial charge in [0.25, 0.3) is 0 Å². The van der Waals surface area contributed by atoms with Gasteiger partial charge in [0, 0.05) is 25.4 Å². The number of aromatic amines is 1. The third-order valence-corrected chi connectivity index (χ3v) is 2.16. The molecule has 2 aromatic rings. The lowest BCUT2D eigenvalue weighted by atomic mass is 10.2. The first-order valence-electron chi connectivity index (χ1n) is 4.48. The standard InChI is InChI=1S/C9H13N5/c1-10-5-7-6-11-13-9(7)8-3-4-12-14(8)2/h3-4,6,10H,5H2,1-2H3,(H,11,13). The Morgan fingerprint density at radius 2 is 2.43 bits per heavy atom. The molecule has 2 aromatic heterocycles. The maximum Gasteiger partial charge on any atom is 0.0876 e. The van der Waals surface area contributed by atoms with Gasteiger partial charge < -0.3 is 5.32 Å². The summed E-state index contributed by atoms with van der Waals surface area (Å²) in [5.41, 5.74) is 3.23. The summed E-state index contributed by atoms with van der Waals surface area (Å²) in [7, 11) is 3.83. The molecule has 0 atom stereocenters. The van der Waals surface area contributed by atoms with Gasteiger partial charge in [-0.25, -0.2) is 0 Å². The zero-order valence-electron chi connectivity index (χ0n) is 8.28. The van der Waals surface area contributed by atoms with Crippen LogP contribution in [0.5, 0.6) is 0 Å². The molecule has 0 radical (unpaired) electrons. The van der Waals surface area contributed by atoms with Gasteiger partial charge in [0.05, 0.1) is 17.6 Å². The zero-order valence-corrected chi connectivity index (χ0v) is 8.28. The van der Waals surface area contributed by atoms with E-state index in [4.69, 9.17) is 0 Å². The number of nitrogens with zero attached hydrogens (tertiary/aromatic N) is 3. The van der Waals surface area contributed by atoms with E-state index < -0.39 is 0 Å². The van der Waals surface area contributed by atoms with Crippen LogP contribution in [0.15, 0.2) is 18.5 Å². The highest BCUT2D eigenvalue weighted by atomic mass is 15.3. The summed E-state index contributed by atoms with van der Waals surface area (Å²) in [6.45, 7) is 0.803. The van der Waals surface area contributed by atoms with Crippen LogP contribution < -0.4 is 5.32 Å². The third-order valence-electron chi connectivity index (χ3n) is 2.16. The lowest BCUT2D eigenvalue weighted by Gasteiger charge is -2.02. The number of hydrogen-bond donors (Lipinski definition) is 2. The fourth-order valence-corrected chi connectivity index (χ4v) is 1.48. The molecule has 2 N–H and O–H groups in total. The van der Waals surface area contributed by atoms with Crippen LogP contribution in [0.25, 0.3) is 11.4 Å². The molecule has 0 saturated carbocycles. The number of aryl methyl sites for hydroxylation is 1. The van der Waals surface area contributed by atoms with Crippen molar-refractivity contribution in [3.05, 3.63) is 24.0 Å². The van der Waals surface area contributed by atoms with Gasteiger partial charge in [-0.3, -0.25) is 9.78 Å². The normalized spacial score (nSPS) is 10.7. The minimum Gasteiger partial charge on any atom is -0.316 e. The van der Waals surface area contributed by atoms with E-state index in [0.717, 1.165) is 23.5 Å². The maximum absolute atomic E-state index is 4.12. The van der Waals surface area contributed by atoms with Crippen molar-refractivity contribution in [3.63, 3.8) is 0 Å². The second-order valence-corrected chi connectivity index (χ2v) is 3.14. The molecule has 14 heavy (non-hydrogen) atoms. The second-order valence-electron chi connectivity index (χ2n) is 3.14. The van der Waals surface area contributed by atoms with Crippen LogP contribution in [0.4, 0.5) is 0 Å². The van der Waals surface area contributed by atoms with Crippen LogP contribution in [-0.4, -0.2) is 27.0 Å². The molecule has 5 heteroatoms. The van der Waals surface area contributed by atoms with Crippen molar-refractivity contribution >= 4 is 0 Å². The Morgan fingerprint density at radius 1 is 1.57 bits per heavy atom. The molecule has 0 saturated heterocycles. The average molecular weight is 191 g/mol. The van der Waals surface area contributed by atoms with Gasteiger partial charge in [0.15, 0.2) is 0 Å². The smallest absolute Gasteiger partial charge is 0.0876 e. The van der Waals surface area contributed by atoms with E-state index >= 15 is 0 Å². The van der Waals surface area contributed by atoms with E-state index in [-0.39, 0.29) is 0 Å². The van der Waals surface area contributed by atoms with E-state index in [1.165, 1.54) is 0 Å². The Kier molecular flexibility index (Phi) is 2.32. The van der Waals surface area contributed by atoms with Crippen molar-refractivity contribution < 1.29 is 0 Å². The lowest BCUT2D eigenvalue weighted by Crippen LogP contribution is -2.06. The average Bonchev–Trinajstić information content (AvgIpc) is 2.74. The molecule has 0 aliphatic carbocycles. The number of rotatable bonds is 3. The Morgan fingerprint density at radius 3 is 3.07 bits per heavy atom. The highest BCUT2D eigenvalue weighted by molar-refractivity contribution is 5.58. The SMILES string of the molecule is CNCc1cn[nH]c1-c1ccnn1C. The first-order valence-corrected chi connectivity index (χ1v) is 4.48. The van der Waals surface area contributed by atoms with Gasteiger partial charge in [0.2, 0.25) is 0 Å². The van der Waals surface area contributed by atoms with Crippen molar-refractivity contribution in [2.45, 2.75) is 6.54 Å². The Bertz CT molecular complexity index is 414. The highest BCUT2D eigenvalue weighted by Gasteiger charge is 2.09. The van der Waals surface area contributed by atoms with Crippen LogP contribution in [0.1, 0.15) is 5.56 Å². The highest BCUT2D eigenvalue weighted by Crippen LogP contribution is 2.19. The molecular weight excluding hydrogens is 178 g/mol. The first-order chi connectivity index (χ1) is 6.83. The molecule has 2 rings (SSSR count). The Labute approximate surface area is 82.1 Å². The lowest BCUT2D eigenvalue weighted by molar-refractivity contribution is 0.768. The van der Waals surface area contributed by atoms with Gasteiger partial charge in [-0.05, 0) is 13.1 Å². The largest absolute Gasteiger partial charge is 0.316 e. The molecule has 2 heterocycles. The second kappa shape index (κ2) is 3.63. The Balaban J connectivity index is 2.41. The molecular formula is C9H13N5. The summed E-state index contributed by atoms with van der Waals surface area (Å²) in [6, 6.07) is 1.96. The predicted octanol–water partition coefficient (Wildman–Crippen LogP) is 0.530. The number of nitrogens with one attached hydrogen (secondary N) is 2. The molecule has 0 spiro atoms. The van der Waals surface area contributed by atoms with Crippen LogP contribution in [0.3, 0.4) is 0 Å². The molecule has 0 aliphatic rings. The molecule has 0 aromatic carbocycles. The summed E-state index contributed by atoms with van der Waals surface area (Å²) >= 11 is 0. The van der Waals surface area contributed by atoms with Crippen molar-refractivity contribution in [1.82, 2.24) is 25.3 Å². The number of aromatic nitrogens is 4. The minimum absolute atomic E-state index is 0.803. The van der Waals surface area contributed by atoms with Gasteiger partial charge in [0.1, 0.15) is 0 Å².